The van der Waals surface area contributed by atoms with Crippen molar-refractivity contribution in [1.82, 2.24) is 4.31 Å². The standard InChI is InChI=1S/C22H28N2O4S.ClH/c1-15-7-8-18-19(22(15)25)13-20(28-21(18)14-23)16-9-11-24(12-10-16)29(26,27)17-5-3-2-4-6-17;/h2-8,16,20-21,25H,9-14,23H2,1H3;1H/t20-,21-;/m0./s1. The highest BCUT2D eigenvalue weighted by Crippen LogP contribution is 2.40. The van der Waals surface area contributed by atoms with E-state index in [1.807, 2.05) is 25.1 Å². The first-order valence-electron chi connectivity index (χ1n) is 10.1. The number of rotatable bonds is 4. The van der Waals surface area contributed by atoms with Gasteiger partial charge in [0.15, 0.2) is 0 Å². The van der Waals surface area contributed by atoms with E-state index < -0.39 is 10.0 Å². The molecular weight excluding hydrogens is 424 g/mol. The maximum Gasteiger partial charge on any atom is 0.243 e. The van der Waals surface area contributed by atoms with Crippen molar-refractivity contribution in [2.75, 3.05) is 19.6 Å². The van der Waals surface area contributed by atoms with Gasteiger partial charge in [0.2, 0.25) is 10.0 Å². The summed E-state index contributed by atoms with van der Waals surface area (Å²) in [4.78, 5) is 0.338. The van der Waals surface area contributed by atoms with Crippen LogP contribution in [0.5, 0.6) is 5.75 Å². The smallest absolute Gasteiger partial charge is 0.243 e. The number of benzene rings is 2. The van der Waals surface area contributed by atoms with E-state index in [0.717, 1.165) is 29.5 Å². The molecule has 4 rings (SSSR count). The summed E-state index contributed by atoms with van der Waals surface area (Å²) in [6.45, 7) is 3.20. The van der Waals surface area contributed by atoms with E-state index in [0.29, 0.717) is 36.7 Å². The molecule has 0 aliphatic carbocycles. The number of hydrogen-bond donors (Lipinski definition) is 2. The monoisotopic (exact) mass is 452 g/mol. The molecule has 164 valence electrons. The number of halogens is 1. The third-order valence-electron chi connectivity index (χ3n) is 6.23. The van der Waals surface area contributed by atoms with Crippen LogP contribution in [0.15, 0.2) is 47.4 Å². The second kappa shape index (κ2) is 9.24. The van der Waals surface area contributed by atoms with Gasteiger partial charge in [-0.15, -0.1) is 12.4 Å². The van der Waals surface area contributed by atoms with Crippen LogP contribution in [0.2, 0.25) is 0 Å². The highest BCUT2D eigenvalue weighted by Gasteiger charge is 2.37. The molecule has 2 aliphatic rings. The fourth-order valence-corrected chi connectivity index (χ4v) is 6.00. The fraction of sp³-hybridized carbons (Fsp3) is 0.455. The predicted molar refractivity (Wildman–Crippen MR) is 118 cm³/mol. The first-order chi connectivity index (χ1) is 13.9. The van der Waals surface area contributed by atoms with Crippen LogP contribution in [0.25, 0.3) is 0 Å². The van der Waals surface area contributed by atoms with Crippen LogP contribution in [0.1, 0.15) is 35.6 Å². The number of nitrogens with zero attached hydrogens (tertiary/aromatic N) is 1. The van der Waals surface area contributed by atoms with Crippen molar-refractivity contribution in [1.29, 1.82) is 0 Å². The lowest BCUT2D eigenvalue weighted by atomic mass is 9.83. The molecule has 0 unspecified atom stereocenters. The molecule has 0 radical (unpaired) electrons. The topological polar surface area (TPSA) is 92.9 Å². The molecule has 1 saturated heterocycles. The second-order valence-electron chi connectivity index (χ2n) is 7.96. The molecule has 2 aromatic carbocycles. The highest BCUT2D eigenvalue weighted by molar-refractivity contribution is 7.89. The summed E-state index contributed by atoms with van der Waals surface area (Å²) in [5, 5.41) is 10.6. The quantitative estimate of drug-likeness (QED) is 0.743. The minimum atomic E-state index is -3.46. The second-order valence-corrected chi connectivity index (χ2v) is 9.89. The number of sulfonamides is 1. The van der Waals surface area contributed by atoms with Crippen molar-refractivity contribution in [3.63, 3.8) is 0 Å². The van der Waals surface area contributed by atoms with E-state index in [4.69, 9.17) is 10.5 Å². The number of aromatic hydroxyl groups is 1. The van der Waals surface area contributed by atoms with Gasteiger partial charge in [0.05, 0.1) is 17.1 Å². The van der Waals surface area contributed by atoms with E-state index in [2.05, 4.69) is 0 Å². The molecule has 0 spiro atoms. The van der Waals surface area contributed by atoms with Crippen molar-refractivity contribution >= 4 is 22.4 Å². The van der Waals surface area contributed by atoms with Crippen molar-refractivity contribution in [3.05, 3.63) is 59.2 Å². The average Bonchev–Trinajstić information content (AvgIpc) is 2.76. The van der Waals surface area contributed by atoms with Gasteiger partial charge in [-0.05, 0) is 48.9 Å². The molecule has 0 amide bonds. The Morgan fingerprint density at radius 2 is 1.80 bits per heavy atom. The molecule has 2 aromatic rings. The fourth-order valence-electron chi connectivity index (χ4n) is 4.51. The first-order valence-corrected chi connectivity index (χ1v) is 11.6. The van der Waals surface area contributed by atoms with Crippen molar-refractivity contribution in [2.45, 2.75) is 43.3 Å². The first kappa shape index (κ1) is 23.0. The van der Waals surface area contributed by atoms with Gasteiger partial charge in [0.1, 0.15) is 5.75 Å². The van der Waals surface area contributed by atoms with E-state index >= 15 is 0 Å². The number of fused-ring (bicyclic) bond motifs is 1. The van der Waals surface area contributed by atoms with E-state index in [1.54, 1.807) is 28.6 Å². The van der Waals surface area contributed by atoms with Crippen LogP contribution in [0.3, 0.4) is 0 Å². The molecule has 1 fully saturated rings. The average molecular weight is 453 g/mol. The maximum atomic E-state index is 12.9. The van der Waals surface area contributed by atoms with Crippen LogP contribution >= 0.6 is 12.4 Å². The Bertz CT molecular complexity index is 976. The minimum absolute atomic E-state index is 0. The van der Waals surface area contributed by atoms with E-state index in [1.165, 1.54) is 0 Å². The molecule has 2 heterocycles. The summed E-state index contributed by atoms with van der Waals surface area (Å²) in [5.74, 6) is 0.567. The largest absolute Gasteiger partial charge is 0.507 e. The molecule has 3 N–H and O–H groups in total. The molecule has 0 bridgehead atoms. The third-order valence-corrected chi connectivity index (χ3v) is 8.14. The van der Waals surface area contributed by atoms with Gasteiger partial charge < -0.3 is 15.6 Å². The lowest BCUT2D eigenvalue weighted by molar-refractivity contribution is -0.0612. The summed E-state index contributed by atoms with van der Waals surface area (Å²) >= 11 is 0. The zero-order valence-electron chi connectivity index (χ0n) is 17.0. The Kier molecular flexibility index (Phi) is 7.09. The lowest BCUT2D eigenvalue weighted by Crippen LogP contribution is -2.44. The zero-order valence-corrected chi connectivity index (χ0v) is 18.7. The van der Waals surface area contributed by atoms with Gasteiger partial charge in [-0.25, -0.2) is 8.42 Å². The Hall–Kier alpha value is -1.64. The Morgan fingerprint density at radius 3 is 2.43 bits per heavy atom. The van der Waals surface area contributed by atoms with Crippen molar-refractivity contribution < 1.29 is 18.3 Å². The normalized spacial score (nSPS) is 22.9. The number of hydrogen-bond acceptors (Lipinski definition) is 5. The van der Waals surface area contributed by atoms with Gasteiger partial charge in [0, 0.05) is 31.6 Å². The molecule has 30 heavy (non-hydrogen) atoms. The number of ether oxygens (including phenoxy) is 1. The number of aryl methyl sites for hydroxylation is 1. The molecule has 0 aromatic heterocycles. The molecule has 0 saturated carbocycles. The predicted octanol–water partition coefficient (Wildman–Crippen LogP) is 3.16. The molecular formula is C22H29ClN2O4S. The van der Waals surface area contributed by atoms with Gasteiger partial charge in [0.25, 0.3) is 0 Å². The van der Waals surface area contributed by atoms with Gasteiger partial charge in [-0.2, -0.15) is 4.31 Å². The SMILES string of the molecule is Cc1ccc2c(c1O)C[C@@H](C1CCN(S(=O)(=O)c3ccccc3)CC1)O[C@H]2CN.Cl. The van der Waals surface area contributed by atoms with Gasteiger partial charge >= 0.3 is 0 Å². The zero-order chi connectivity index (χ0) is 20.6. The minimum Gasteiger partial charge on any atom is -0.507 e. The van der Waals surface area contributed by atoms with Crippen LogP contribution < -0.4 is 5.73 Å². The van der Waals surface area contributed by atoms with Crippen LogP contribution in [0, 0.1) is 12.8 Å². The summed E-state index contributed by atoms with van der Waals surface area (Å²) in [7, 11) is -3.46. The number of phenolic OH excluding ortho intramolecular Hbond substituents is 1. The molecule has 2 atom stereocenters. The number of nitrogens with two attached hydrogens (primary N) is 1. The molecule has 2 aliphatic heterocycles. The lowest BCUT2D eigenvalue weighted by Gasteiger charge is -2.40. The highest BCUT2D eigenvalue weighted by atomic mass is 35.5. The molecule has 6 nitrogen and oxygen atoms in total. The van der Waals surface area contributed by atoms with Crippen LogP contribution in [-0.2, 0) is 21.2 Å². The van der Waals surface area contributed by atoms with Crippen LogP contribution in [0.4, 0.5) is 0 Å². The van der Waals surface area contributed by atoms with Crippen LogP contribution in [-0.4, -0.2) is 43.6 Å². The summed E-state index contributed by atoms with van der Waals surface area (Å²) < 4.78 is 33.6. The summed E-state index contributed by atoms with van der Waals surface area (Å²) in [6.07, 6.45) is 1.80. The maximum absolute atomic E-state index is 12.9. The van der Waals surface area contributed by atoms with Crippen molar-refractivity contribution in [2.24, 2.45) is 11.7 Å². The number of phenols is 1. The number of piperidine rings is 1. The summed E-state index contributed by atoms with van der Waals surface area (Å²) in [5.41, 5.74) is 8.69. The molecule has 8 heteroatoms. The van der Waals surface area contributed by atoms with Crippen molar-refractivity contribution in [3.8, 4) is 5.75 Å². The Labute approximate surface area is 184 Å². The van der Waals surface area contributed by atoms with Gasteiger partial charge in [-0.1, -0.05) is 30.3 Å². The summed E-state index contributed by atoms with van der Waals surface area (Å²) in [6, 6.07) is 12.5. The van der Waals surface area contributed by atoms with E-state index in [-0.39, 0.29) is 30.5 Å². The Morgan fingerprint density at radius 1 is 1.13 bits per heavy atom. The Balaban J connectivity index is 0.00000256. The van der Waals surface area contributed by atoms with E-state index in [9.17, 15) is 13.5 Å². The van der Waals surface area contributed by atoms with Gasteiger partial charge in [-0.3, -0.25) is 0 Å². The third kappa shape index (κ3) is 4.22.